The van der Waals surface area contributed by atoms with E-state index in [4.69, 9.17) is 15.9 Å². The summed E-state index contributed by atoms with van der Waals surface area (Å²) in [7, 11) is 0. The predicted molar refractivity (Wildman–Crippen MR) is 113 cm³/mol. The molecule has 29 heavy (non-hydrogen) atoms. The van der Waals surface area contributed by atoms with Crippen molar-refractivity contribution in [2.24, 2.45) is 5.92 Å². The Morgan fingerprint density at radius 2 is 1.86 bits per heavy atom. The van der Waals surface area contributed by atoms with Crippen LogP contribution in [0.2, 0.25) is 0 Å². The van der Waals surface area contributed by atoms with Gasteiger partial charge < -0.3 is 19.7 Å². The lowest BCUT2D eigenvalue weighted by atomic mass is 9.93. The SMILES string of the molecule is C#CCOc1ccc(CCNC(=O)CC2CCN(C(=O)OC(C)(C)C)CC2)cc1. The van der Waals surface area contributed by atoms with Crippen LogP contribution in [0, 0.1) is 18.3 Å². The summed E-state index contributed by atoms with van der Waals surface area (Å²) in [5.74, 6) is 3.55. The van der Waals surface area contributed by atoms with E-state index >= 15 is 0 Å². The Balaban J connectivity index is 1.64. The van der Waals surface area contributed by atoms with E-state index in [2.05, 4.69) is 11.2 Å². The number of benzene rings is 1. The number of carbonyl (C=O) groups is 2. The molecule has 1 aliphatic rings. The molecule has 6 nitrogen and oxygen atoms in total. The van der Waals surface area contributed by atoms with E-state index in [1.165, 1.54) is 0 Å². The van der Waals surface area contributed by atoms with Crippen LogP contribution in [-0.4, -0.2) is 48.7 Å². The Hall–Kier alpha value is -2.68. The summed E-state index contributed by atoms with van der Waals surface area (Å²) in [6, 6.07) is 7.72. The van der Waals surface area contributed by atoms with Gasteiger partial charge in [0.25, 0.3) is 0 Å². The lowest BCUT2D eigenvalue weighted by Gasteiger charge is -2.33. The minimum atomic E-state index is -0.483. The summed E-state index contributed by atoms with van der Waals surface area (Å²) in [4.78, 5) is 26.1. The summed E-state index contributed by atoms with van der Waals surface area (Å²) >= 11 is 0. The van der Waals surface area contributed by atoms with Crippen molar-refractivity contribution in [1.82, 2.24) is 10.2 Å². The van der Waals surface area contributed by atoms with Crippen molar-refractivity contribution in [3.8, 4) is 18.1 Å². The topological polar surface area (TPSA) is 67.9 Å². The van der Waals surface area contributed by atoms with Crippen LogP contribution in [0.4, 0.5) is 4.79 Å². The third kappa shape index (κ3) is 8.47. The van der Waals surface area contributed by atoms with Gasteiger partial charge in [0, 0.05) is 26.1 Å². The second kappa shape index (κ2) is 10.8. The zero-order valence-electron chi connectivity index (χ0n) is 17.7. The third-order valence-electron chi connectivity index (χ3n) is 4.72. The van der Waals surface area contributed by atoms with E-state index in [0.29, 0.717) is 32.0 Å². The third-order valence-corrected chi connectivity index (χ3v) is 4.72. The van der Waals surface area contributed by atoms with Crippen molar-refractivity contribution in [3.63, 3.8) is 0 Å². The largest absolute Gasteiger partial charge is 0.481 e. The molecular weight excluding hydrogens is 368 g/mol. The van der Waals surface area contributed by atoms with Gasteiger partial charge in [-0.05, 0) is 63.6 Å². The molecule has 0 aromatic heterocycles. The van der Waals surface area contributed by atoms with Crippen molar-refractivity contribution in [2.45, 2.75) is 52.1 Å². The van der Waals surface area contributed by atoms with Gasteiger partial charge in [-0.1, -0.05) is 18.1 Å². The van der Waals surface area contributed by atoms with Gasteiger partial charge in [0.2, 0.25) is 5.91 Å². The van der Waals surface area contributed by atoms with E-state index in [0.717, 1.165) is 30.6 Å². The molecule has 158 valence electrons. The van der Waals surface area contributed by atoms with E-state index in [1.54, 1.807) is 4.90 Å². The van der Waals surface area contributed by atoms with Crippen molar-refractivity contribution in [1.29, 1.82) is 0 Å². The molecule has 1 heterocycles. The van der Waals surface area contributed by atoms with Gasteiger partial charge in [-0.15, -0.1) is 6.42 Å². The number of hydrogen-bond donors (Lipinski definition) is 1. The first-order chi connectivity index (χ1) is 13.8. The number of hydrogen-bond acceptors (Lipinski definition) is 4. The Morgan fingerprint density at radius 3 is 2.45 bits per heavy atom. The standard InChI is InChI=1S/C23H32N2O4/c1-5-16-28-20-8-6-18(7-9-20)10-13-24-21(26)17-19-11-14-25(15-12-19)22(27)29-23(2,3)4/h1,6-9,19H,10-17H2,2-4H3,(H,24,26). The summed E-state index contributed by atoms with van der Waals surface area (Å²) in [6.45, 7) is 7.73. The van der Waals surface area contributed by atoms with Crippen LogP contribution in [0.5, 0.6) is 5.75 Å². The molecule has 0 saturated carbocycles. The highest BCUT2D eigenvalue weighted by Crippen LogP contribution is 2.22. The number of nitrogens with zero attached hydrogens (tertiary/aromatic N) is 1. The fourth-order valence-electron chi connectivity index (χ4n) is 3.20. The van der Waals surface area contributed by atoms with Gasteiger partial charge in [-0.25, -0.2) is 4.79 Å². The Labute approximate surface area is 173 Å². The van der Waals surface area contributed by atoms with Crippen LogP contribution in [0.25, 0.3) is 0 Å². The average molecular weight is 401 g/mol. The number of piperidine rings is 1. The number of rotatable bonds is 7. The number of amides is 2. The highest BCUT2D eigenvalue weighted by Gasteiger charge is 2.27. The molecule has 1 aliphatic heterocycles. The van der Waals surface area contributed by atoms with Gasteiger partial charge >= 0.3 is 6.09 Å². The Bertz CT molecular complexity index is 708. The van der Waals surface area contributed by atoms with Crippen LogP contribution in [0.3, 0.4) is 0 Å². The van der Waals surface area contributed by atoms with Crippen molar-refractivity contribution in [2.75, 3.05) is 26.2 Å². The Morgan fingerprint density at radius 1 is 1.21 bits per heavy atom. The molecule has 0 bridgehead atoms. The zero-order valence-corrected chi connectivity index (χ0v) is 17.7. The van der Waals surface area contributed by atoms with Gasteiger partial charge in [0.15, 0.2) is 0 Å². The van der Waals surface area contributed by atoms with Gasteiger partial charge in [0.1, 0.15) is 18.0 Å². The van der Waals surface area contributed by atoms with E-state index in [-0.39, 0.29) is 18.6 Å². The number of ether oxygens (including phenoxy) is 2. The molecule has 1 fully saturated rings. The molecule has 2 amide bonds. The molecule has 0 atom stereocenters. The summed E-state index contributed by atoms with van der Waals surface area (Å²) in [5, 5.41) is 2.99. The Kier molecular flexibility index (Phi) is 8.38. The predicted octanol–water partition coefficient (Wildman–Crippen LogP) is 3.39. The van der Waals surface area contributed by atoms with Crippen LogP contribution >= 0.6 is 0 Å². The first-order valence-electron chi connectivity index (χ1n) is 10.2. The van der Waals surface area contributed by atoms with Gasteiger partial charge in [-0.3, -0.25) is 4.79 Å². The van der Waals surface area contributed by atoms with E-state index in [1.807, 2.05) is 45.0 Å². The van der Waals surface area contributed by atoms with Crippen LogP contribution in [0.15, 0.2) is 24.3 Å². The van der Waals surface area contributed by atoms with Crippen LogP contribution in [-0.2, 0) is 16.0 Å². The minimum Gasteiger partial charge on any atom is -0.481 e. The normalized spacial score (nSPS) is 14.8. The average Bonchev–Trinajstić information content (AvgIpc) is 2.66. The van der Waals surface area contributed by atoms with E-state index < -0.39 is 5.60 Å². The maximum absolute atomic E-state index is 12.2. The molecule has 0 unspecified atom stereocenters. The first-order valence-corrected chi connectivity index (χ1v) is 10.2. The second-order valence-corrected chi connectivity index (χ2v) is 8.35. The molecule has 1 N–H and O–H groups in total. The molecule has 6 heteroatoms. The molecule has 1 aromatic rings. The maximum atomic E-state index is 12.2. The number of terminal acetylenes is 1. The second-order valence-electron chi connectivity index (χ2n) is 8.35. The summed E-state index contributed by atoms with van der Waals surface area (Å²) < 4.78 is 10.8. The van der Waals surface area contributed by atoms with Gasteiger partial charge in [-0.2, -0.15) is 0 Å². The summed E-state index contributed by atoms with van der Waals surface area (Å²) in [6.07, 6.45) is 7.82. The quantitative estimate of drug-likeness (QED) is 0.713. The van der Waals surface area contributed by atoms with Crippen molar-refractivity contribution < 1.29 is 19.1 Å². The lowest BCUT2D eigenvalue weighted by molar-refractivity contribution is -0.122. The molecule has 0 radical (unpaired) electrons. The molecule has 0 spiro atoms. The first kappa shape index (κ1) is 22.6. The molecule has 2 rings (SSSR count). The monoisotopic (exact) mass is 400 g/mol. The number of carbonyl (C=O) groups excluding carboxylic acids is 2. The molecular formula is C23H32N2O4. The highest BCUT2D eigenvalue weighted by atomic mass is 16.6. The number of nitrogens with one attached hydrogen (secondary N) is 1. The minimum absolute atomic E-state index is 0.0645. The molecule has 0 aliphatic carbocycles. The smallest absolute Gasteiger partial charge is 0.410 e. The fraction of sp³-hybridized carbons (Fsp3) is 0.565. The van der Waals surface area contributed by atoms with E-state index in [9.17, 15) is 9.59 Å². The van der Waals surface area contributed by atoms with Crippen molar-refractivity contribution >= 4 is 12.0 Å². The number of likely N-dealkylation sites (tertiary alicyclic amines) is 1. The summed E-state index contributed by atoms with van der Waals surface area (Å²) in [5.41, 5.74) is 0.645. The molecule has 1 aromatic carbocycles. The molecule has 1 saturated heterocycles. The van der Waals surface area contributed by atoms with Crippen LogP contribution in [0.1, 0.15) is 45.6 Å². The van der Waals surface area contributed by atoms with Gasteiger partial charge in [0.05, 0.1) is 0 Å². The zero-order chi connectivity index (χ0) is 21.3. The lowest BCUT2D eigenvalue weighted by Crippen LogP contribution is -2.42. The maximum Gasteiger partial charge on any atom is 0.410 e. The fourth-order valence-corrected chi connectivity index (χ4v) is 3.20. The van der Waals surface area contributed by atoms with Crippen molar-refractivity contribution in [3.05, 3.63) is 29.8 Å². The highest BCUT2D eigenvalue weighted by molar-refractivity contribution is 5.76. The van der Waals surface area contributed by atoms with Crippen LogP contribution < -0.4 is 10.1 Å².